The van der Waals surface area contributed by atoms with E-state index in [1.807, 2.05) is 0 Å². The summed E-state index contributed by atoms with van der Waals surface area (Å²) in [4.78, 5) is 15.6. The van der Waals surface area contributed by atoms with E-state index in [1.165, 1.54) is 0 Å². The van der Waals surface area contributed by atoms with E-state index in [-0.39, 0.29) is 23.8 Å². The lowest BCUT2D eigenvalue weighted by atomic mass is 10.1. The van der Waals surface area contributed by atoms with Crippen LogP contribution in [-0.2, 0) is 4.79 Å². The average Bonchev–Trinajstić information content (AvgIpc) is 2.49. The molecule has 6 heteroatoms. The Balaban J connectivity index is 2.39. The van der Waals surface area contributed by atoms with Crippen molar-refractivity contribution in [2.75, 3.05) is 0 Å². The molecule has 0 aromatic heterocycles. The average molecular weight is 211 g/mol. The van der Waals surface area contributed by atoms with Gasteiger partial charge in [-0.05, 0) is 13.3 Å². The molecule has 1 heterocycles. The molecule has 2 atom stereocenters. The van der Waals surface area contributed by atoms with Gasteiger partial charge in [0.05, 0.1) is 11.7 Å². The number of nitrogens with zero attached hydrogens (tertiary/aromatic N) is 1. The van der Waals surface area contributed by atoms with E-state index in [0.29, 0.717) is 25.1 Å². The molecule has 15 heavy (non-hydrogen) atoms. The molecule has 0 aliphatic carbocycles. The molecule has 1 rings (SSSR count). The lowest BCUT2D eigenvalue weighted by Crippen LogP contribution is -2.40. The zero-order valence-corrected chi connectivity index (χ0v) is 8.79. The molecule has 0 fully saturated rings. The van der Waals surface area contributed by atoms with Gasteiger partial charge in [-0.2, -0.15) is 0 Å². The summed E-state index contributed by atoms with van der Waals surface area (Å²) in [5.74, 6) is 0.468. The van der Waals surface area contributed by atoms with Crippen LogP contribution >= 0.6 is 0 Å². The Morgan fingerprint density at radius 2 is 2.47 bits per heavy atom. The summed E-state index contributed by atoms with van der Waals surface area (Å²) in [6.45, 7) is 1.81. The van der Waals surface area contributed by atoms with E-state index in [2.05, 4.69) is 10.3 Å². The third-order valence-electron chi connectivity index (χ3n) is 2.21. The highest BCUT2D eigenvalue weighted by atomic mass is 16.2. The highest BCUT2D eigenvalue weighted by Crippen LogP contribution is 2.11. The summed E-state index contributed by atoms with van der Waals surface area (Å²) in [6, 6.07) is -0.494. The van der Waals surface area contributed by atoms with E-state index in [0.717, 1.165) is 0 Å². The smallest absolute Gasteiger partial charge is 0.245 e. The number of amides is 1. The number of rotatable bonds is 4. The monoisotopic (exact) mass is 211 g/mol. The maximum atomic E-state index is 11.6. The fourth-order valence-corrected chi connectivity index (χ4v) is 1.52. The van der Waals surface area contributed by atoms with Gasteiger partial charge in [0.1, 0.15) is 6.04 Å². The minimum atomic E-state index is -0.362. The number of aliphatic imine (C=N–C) groups is 1. The molecule has 0 saturated carbocycles. The van der Waals surface area contributed by atoms with Crippen molar-refractivity contribution in [1.29, 1.82) is 5.41 Å². The van der Waals surface area contributed by atoms with Crippen LogP contribution in [0.5, 0.6) is 0 Å². The first-order valence-corrected chi connectivity index (χ1v) is 4.94. The lowest BCUT2D eigenvalue weighted by molar-refractivity contribution is -0.122. The molecule has 0 bridgehead atoms. The minimum Gasteiger partial charge on any atom is -0.388 e. The minimum absolute atomic E-state index is 0.0669. The molecule has 0 aromatic rings. The topological polar surface area (TPSA) is 117 Å². The predicted molar refractivity (Wildman–Crippen MR) is 58.8 cm³/mol. The van der Waals surface area contributed by atoms with Crippen LogP contribution in [-0.4, -0.2) is 29.7 Å². The van der Waals surface area contributed by atoms with Crippen molar-refractivity contribution in [3.05, 3.63) is 0 Å². The number of carbonyl (C=O) groups excluding carboxylic acids is 1. The molecule has 0 spiro atoms. The number of nitrogens with two attached hydrogens (primary N) is 2. The summed E-state index contributed by atoms with van der Waals surface area (Å²) in [7, 11) is 0. The van der Waals surface area contributed by atoms with Gasteiger partial charge in [-0.1, -0.05) is 0 Å². The molecule has 6 N–H and O–H groups in total. The first-order chi connectivity index (χ1) is 6.99. The third-order valence-corrected chi connectivity index (χ3v) is 2.21. The molecule has 1 aliphatic heterocycles. The van der Waals surface area contributed by atoms with Crippen molar-refractivity contribution in [2.24, 2.45) is 16.5 Å². The van der Waals surface area contributed by atoms with Crippen LogP contribution in [0, 0.1) is 5.41 Å². The maximum Gasteiger partial charge on any atom is 0.245 e. The summed E-state index contributed by atoms with van der Waals surface area (Å²) in [5, 5.41) is 9.84. The van der Waals surface area contributed by atoms with Crippen molar-refractivity contribution < 1.29 is 4.79 Å². The van der Waals surface area contributed by atoms with Crippen molar-refractivity contribution in [3.63, 3.8) is 0 Å². The van der Waals surface area contributed by atoms with Crippen molar-refractivity contribution >= 4 is 17.6 Å². The van der Waals surface area contributed by atoms with Gasteiger partial charge in [0, 0.05) is 18.9 Å². The number of carbonyl (C=O) groups is 1. The Labute approximate surface area is 88.6 Å². The maximum absolute atomic E-state index is 11.6. The highest BCUT2D eigenvalue weighted by molar-refractivity contribution is 5.91. The summed E-state index contributed by atoms with van der Waals surface area (Å²) in [5.41, 5.74) is 10.7. The predicted octanol–water partition coefficient (Wildman–Crippen LogP) is -0.663. The van der Waals surface area contributed by atoms with Gasteiger partial charge in [0.2, 0.25) is 5.91 Å². The van der Waals surface area contributed by atoms with Crippen LogP contribution in [0.15, 0.2) is 4.99 Å². The lowest BCUT2D eigenvalue weighted by Gasteiger charge is -2.14. The van der Waals surface area contributed by atoms with Gasteiger partial charge in [-0.15, -0.1) is 0 Å². The molecule has 0 saturated heterocycles. The number of nitrogens with one attached hydrogen (secondary N) is 2. The zero-order chi connectivity index (χ0) is 11.4. The molecule has 0 radical (unpaired) electrons. The fourth-order valence-electron chi connectivity index (χ4n) is 1.52. The first kappa shape index (κ1) is 11.5. The SMILES string of the molecule is CC(CC(=N)N)NC(=O)C1CCC(N)=N1. The standard InChI is InChI=1S/C9H17N5O/c1-5(4-7(10)11)13-9(15)6-2-3-8(12)14-6/h5-6H,2-4H2,1H3,(H3,10,11)(H2,12,14)(H,13,15). The van der Waals surface area contributed by atoms with Crippen LogP contribution in [0.3, 0.4) is 0 Å². The highest BCUT2D eigenvalue weighted by Gasteiger charge is 2.23. The zero-order valence-electron chi connectivity index (χ0n) is 8.79. The van der Waals surface area contributed by atoms with Crippen molar-refractivity contribution in [2.45, 2.75) is 38.3 Å². The van der Waals surface area contributed by atoms with E-state index in [9.17, 15) is 4.79 Å². The Kier molecular flexibility index (Phi) is 3.65. The van der Waals surface area contributed by atoms with E-state index in [4.69, 9.17) is 16.9 Å². The summed E-state index contributed by atoms with van der Waals surface area (Å²) in [6.07, 6.45) is 1.71. The largest absolute Gasteiger partial charge is 0.388 e. The number of hydrogen-bond donors (Lipinski definition) is 4. The second kappa shape index (κ2) is 4.77. The fraction of sp³-hybridized carbons (Fsp3) is 0.667. The quantitative estimate of drug-likeness (QED) is 0.365. The van der Waals surface area contributed by atoms with Gasteiger partial charge in [0.25, 0.3) is 0 Å². The Hall–Kier alpha value is -1.59. The van der Waals surface area contributed by atoms with Gasteiger partial charge in [0.15, 0.2) is 0 Å². The molecular weight excluding hydrogens is 194 g/mol. The van der Waals surface area contributed by atoms with E-state index < -0.39 is 0 Å². The van der Waals surface area contributed by atoms with Gasteiger partial charge in [-0.25, -0.2) is 0 Å². The number of amidine groups is 2. The van der Waals surface area contributed by atoms with Crippen LogP contribution < -0.4 is 16.8 Å². The number of hydrogen-bond acceptors (Lipinski definition) is 4. The molecule has 1 aliphatic rings. The normalized spacial score (nSPS) is 21.9. The Morgan fingerprint density at radius 3 is 2.93 bits per heavy atom. The molecule has 1 amide bonds. The Bertz CT molecular complexity index is 299. The van der Waals surface area contributed by atoms with E-state index in [1.54, 1.807) is 6.92 Å². The summed E-state index contributed by atoms with van der Waals surface area (Å²) >= 11 is 0. The van der Waals surface area contributed by atoms with E-state index >= 15 is 0 Å². The summed E-state index contributed by atoms with van der Waals surface area (Å²) < 4.78 is 0. The van der Waals surface area contributed by atoms with Crippen LogP contribution in [0.2, 0.25) is 0 Å². The molecule has 0 aromatic carbocycles. The molecule has 84 valence electrons. The third kappa shape index (κ3) is 3.57. The first-order valence-electron chi connectivity index (χ1n) is 4.94. The van der Waals surface area contributed by atoms with Gasteiger partial charge in [-0.3, -0.25) is 15.2 Å². The van der Waals surface area contributed by atoms with Crippen LogP contribution in [0.25, 0.3) is 0 Å². The van der Waals surface area contributed by atoms with Gasteiger partial charge < -0.3 is 16.8 Å². The van der Waals surface area contributed by atoms with Crippen LogP contribution in [0.1, 0.15) is 26.2 Å². The molecule has 2 unspecified atom stereocenters. The van der Waals surface area contributed by atoms with Gasteiger partial charge >= 0.3 is 0 Å². The second-order valence-electron chi connectivity index (χ2n) is 3.81. The Morgan fingerprint density at radius 1 is 1.80 bits per heavy atom. The second-order valence-corrected chi connectivity index (χ2v) is 3.81. The van der Waals surface area contributed by atoms with Crippen LogP contribution in [0.4, 0.5) is 0 Å². The van der Waals surface area contributed by atoms with Crippen molar-refractivity contribution in [1.82, 2.24) is 5.32 Å². The molecule has 6 nitrogen and oxygen atoms in total. The van der Waals surface area contributed by atoms with Crippen molar-refractivity contribution in [3.8, 4) is 0 Å². The molecular formula is C9H17N5O.